The summed E-state index contributed by atoms with van der Waals surface area (Å²) in [6.45, 7) is 7.25. The van der Waals surface area contributed by atoms with Crippen molar-refractivity contribution in [2.24, 2.45) is 0 Å². The summed E-state index contributed by atoms with van der Waals surface area (Å²) in [6.07, 6.45) is 2.16. The normalized spacial score (nSPS) is 13.3. The number of carbonyl (C=O) groups is 1. The smallest absolute Gasteiger partial charge is 0.243 e. The van der Waals surface area contributed by atoms with Crippen molar-refractivity contribution in [3.63, 3.8) is 0 Å². The lowest BCUT2D eigenvalue weighted by Crippen LogP contribution is -2.36. The van der Waals surface area contributed by atoms with Crippen molar-refractivity contribution >= 4 is 17.3 Å². The molecule has 1 amide bonds. The quantitative estimate of drug-likeness (QED) is 0.745. The summed E-state index contributed by atoms with van der Waals surface area (Å²) in [6, 6.07) is 16.6. The lowest BCUT2D eigenvalue weighted by Gasteiger charge is -2.30. The molecule has 1 N–H and O–H groups in total. The summed E-state index contributed by atoms with van der Waals surface area (Å²) in [7, 11) is 0. The van der Waals surface area contributed by atoms with E-state index in [1.165, 1.54) is 16.8 Å². The first-order valence-electron chi connectivity index (χ1n) is 9.79. The highest BCUT2D eigenvalue weighted by molar-refractivity contribution is 5.95. The third kappa shape index (κ3) is 3.52. The Morgan fingerprint density at radius 1 is 1.07 bits per heavy atom. The summed E-state index contributed by atoms with van der Waals surface area (Å²) < 4.78 is 1.89. The van der Waals surface area contributed by atoms with E-state index in [1.54, 1.807) is 0 Å². The number of anilines is 2. The molecule has 0 aliphatic carbocycles. The van der Waals surface area contributed by atoms with Gasteiger partial charge in [0, 0.05) is 12.2 Å². The van der Waals surface area contributed by atoms with E-state index < -0.39 is 0 Å². The second-order valence-electron chi connectivity index (χ2n) is 7.50. The predicted molar refractivity (Wildman–Crippen MR) is 113 cm³/mol. The molecule has 144 valence electrons. The molecule has 1 aliphatic heterocycles. The molecule has 0 radical (unpaired) electrons. The van der Waals surface area contributed by atoms with Gasteiger partial charge in [0.25, 0.3) is 0 Å². The van der Waals surface area contributed by atoms with Gasteiger partial charge in [-0.05, 0) is 57.4 Å². The number of nitrogens with zero attached hydrogens (tertiary/aromatic N) is 3. The highest BCUT2D eigenvalue weighted by Crippen LogP contribution is 2.27. The molecule has 1 aliphatic rings. The van der Waals surface area contributed by atoms with E-state index in [4.69, 9.17) is 0 Å². The molecule has 4 rings (SSSR count). The highest BCUT2D eigenvalue weighted by atomic mass is 16.2. The summed E-state index contributed by atoms with van der Waals surface area (Å²) in [5.41, 5.74) is 7.26. The van der Waals surface area contributed by atoms with Gasteiger partial charge in [0.1, 0.15) is 0 Å². The van der Waals surface area contributed by atoms with E-state index >= 15 is 0 Å². The van der Waals surface area contributed by atoms with Crippen LogP contribution < -0.4 is 10.2 Å². The molecule has 2 aromatic carbocycles. The summed E-state index contributed by atoms with van der Waals surface area (Å²) in [5, 5.41) is 7.73. The molecule has 5 heteroatoms. The number of rotatable bonds is 4. The maximum absolute atomic E-state index is 12.8. The van der Waals surface area contributed by atoms with Gasteiger partial charge in [-0.2, -0.15) is 5.10 Å². The fourth-order valence-corrected chi connectivity index (χ4v) is 3.89. The standard InChI is InChI=1S/C23H26N4O/c1-16-10-12-20(13-11-16)27-18(3)23(17(2)25-27)24-22(28)15-26-14-6-8-19-7-4-5-9-21(19)26/h4-5,7,9-13H,6,8,14-15H2,1-3H3,(H,24,28). The number of aryl methyl sites for hydroxylation is 3. The average Bonchev–Trinajstić information content (AvgIpc) is 2.97. The topological polar surface area (TPSA) is 50.2 Å². The van der Waals surface area contributed by atoms with Crippen LogP contribution in [0.1, 0.15) is 28.9 Å². The van der Waals surface area contributed by atoms with Crippen molar-refractivity contribution in [1.29, 1.82) is 0 Å². The van der Waals surface area contributed by atoms with E-state index in [1.807, 2.05) is 36.7 Å². The van der Waals surface area contributed by atoms with Gasteiger partial charge in [-0.3, -0.25) is 4.79 Å². The zero-order valence-electron chi connectivity index (χ0n) is 16.7. The number of nitrogens with one attached hydrogen (secondary N) is 1. The molecule has 0 spiro atoms. The first-order chi connectivity index (χ1) is 13.5. The van der Waals surface area contributed by atoms with Crippen LogP contribution in [-0.4, -0.2) is 28.8 Å². The maximum atomic E-state index is 12.8. The number of carbonyl (C=O) groups excluding carboxylic acids is 1. The van der Waals surface area contributed by atoms with Crippen LogP contribution in [-0.2, 0) is 11.2 Å². The third-order valence-corrected chi connectivity index (χ3v) is 5.38. The second kappa shape index (κ2) is 7.50. The van der Waals surface area contributed by atoms with Crippen LogP contribution in [0.4, 0.5) is 11.4 Å². The van der Waals surface area contributed by atoms with E-state index in [2.05, 4.69) is 52.6 Å². The minimum Gasteiger partial charge on any atom is -0.362 e. The summed E-state index contributed by atoms with van der Waals surface area (Å²) >= 11 is 0. The van der Waals surface area contributed by atoms with Gasteiger partial charge in [0.2, 0.25) is 5.91 Å². The van der Waals surface area contributed by atoms with Crippen LogP contribution in [0.25, 0.3) is 5.69 Å². The Bertz CT molecular complexity index is 1000. The molecule has 1 aromatic heterocycles. The van der Waals surface area contributed by atoms with E-state index in [0.29, 0.717) is 6.54 Å². The number of hydrogen-bond acceptors (Lipinski definition) is 3. The zero-order chi connectivity index (χ0) is 19.7. The van der Waals surface area contributed by atoms with Gasteiger partial charge in [-0.25, -0.2) is 4.68 Å². The van der Waals surface area contributed by atoms with Crippen LogP contribution in [0, 0.1) is 20.8 Å². The number of amides is 1. The molecular formula is C23H26N4O. The fraction of sp³-hybridized carbons (Fsp3) is 0.304. The summed E-state index contributed by atoms with van der Waals surface area (Å²) in [4.78, 5) is 15.0. The molecule has 0 unspecified atom stereocenters. The first kappa shape index (κ1) is 18.3. The Morgan fingerprint density at radius 2 is 1.82 bits per heavy atom. The number of benzene rings is 2. The molecule has 28 heavy (non-hydrogen) atoms. The van der Waals surface area contributed by atoms with Gasteiger partial charge in [0.15, 0.2) is 0 Å². The summed E-state index contributed by atoms with van der Waals surface area (Å²) in [5.74, 6) is -0.00800. The lowest BCUT2D eigenvalue weighted by molar-refractivity contribution is -0.115. The monoisotopic (exact) mass is 374 g/mol. The molecule has 3 aromatic rings. The number of hydrogen-bond donors (Lipinski definition) is 1. The largest absolute Gasteiger partial charge is 0.362 e. The predicted octanol–water partition coefficient (Wildman–Crippen LogP) is 4.19. The van der Waals surface area contributed by atoms with Crippen LogP contribution in [0.15, 0.2) is 48.5 Å². The van der Waals surface area contributed by atoms with Gasteiger partial charge in [-0.1, -0.05) is 35.9 Å². The van der Waals surface area contributed by atoms with Crippen LogP contribution in [0.3, 0.4) is 0 Å². The van der Waals surface area contributed by atoms with E-state index in [-0.39, 0.29) is 5.91 Å². The van der Waals surface area contributed by atoms with Crippen LogP contribution in [0.5, 0.6) is 0 Å². The second-order valence-corrected chi connectivity index (χ2v) is 7.50. The Labute approximate surface area is 166 Å². The molecule has 0 saturated carbocycles. The molecule has 0 atom stereocenters. The zero-order valence-corrected chi connectivity index (χ0v) is 16.7. The number of fused-ring (bicyclic) bond motifs is 1. The van der Waals surface area contributed by atoms with Crippen molar-refractivity contribution in [3.05, 3.63) is 71.0 Å². The van der Waals surface area contributed by atoms with Crippen molar-refractivity contribution in [2.75, 3.05) is 23.3 Å². The molecule has 0 fully saturated rings. The lowest BCUT2D eigenvalue weighted by atomic mass is 10.0. The number of aromatic nitrogens is 2. The van der Waals surface area contributed by atoms with Gasteiger partial charge >= 0.3 is 0 Å². The Hall–Kier alpha value is -3.08. The van der Waals surface area contributed by atoms with Crippen molar-refractivity contribution < 1.29 is 4.79 Å². The van der Waals surface area contributed by atoms with Crippen LogP contribution >= 0.6 is 0 Å². The Kier molecular flexibility index (Phi) is 4.90. The third-order valence-electron chi connectivity index (χ3n) is 5.38. The molecule has 0 saturated heterocycles. The average molecular weight is 374 g/mol. The van der Waals surface area contributed by atoms with Gasteiger partial charge < -0.3 is 10.2 Å². The minimum atomic E-state index is -0.00800. The van der Waals surface area contributed by atoms with Crippen LogP contribution in [0.2, 0.25) is 0 Å². The van der Waals surface area contributed by atoms with Crippen molar-refractivity contribution in [1.82, 2.24) is 9.78 Å². The molecular weight excluding hydrogens is 348 g/mol. The molecule has 0 bridgehead atoms. The SMILES string of the molecule is Cc1ccc(-n2nc(C)c(NC(=O)CN3CCCc4ccccc43)c2C)cc1. The molecule has 2 heterocycles. The van der Waals surface area contributed by atoms with E-state index in [0.717, 1.165) is 42.1 Å². The van der Waals surface area contributed by atoms with Crippen molar-refractivity contribution in [3.8, 4) is 5.69 Å². The molecule has 5 nitrogen and oxygen atoms in total. The Morgan fingerprint density at radius 3 is 2.61 bits per heavy atom. The first-order valence-corrected chi connectivity index (χ1v) is 9.79. The van der Waals surface area contributed by atoms with Gasteiger partial charge in [0.05, 0.1) is 29.3 Å². The van der Waals surface area contributed by atoms with Crippen molar-refractivity contribution in [2.45, 2.75) is 33.6 Å². The van der Waals surface area contributed by atoms with Gasteiger partial charge in [-0.15, -0.1) is 0 Å². The highest BCUT2D eigenvalue weighted by Gasteiger charge is 2.20. The number of para-hydroxylation sites is 1. The fourth-order valence-electron chi connectivity index (χ4n) is 3.89. The Balaban J connectivity index is 1.52. The maximum Gasteiger partial charge on any atom is 0.243 e. The van der Waals surface area contributed by atoms with E-state index in [9.17, 15) is 4.79 Å². The minimum absolute atomic E-state index is 0.00800.